The fraction of sp³-hybridized carbons (Fsp3) is 0.235. The van der Waals surface area contributed by atoms with Gasteiger partial charge in [0.25, 0.3) is 0 Å². The standard InChI is InChI=1S/C17H15ClO2/c1-17(2,3)10-4-6-14-12(8-10)16(19)13-9-11(18)5-7-15(13)20-14/h4-9H,1-3H3. The van der Waals surface area contributed by atoms with Gasteiger partial charge in [-0.2, -0.15) is 0 Å². The van der Waals surface area contributed by atoms with Crippen molar-refractivity contribution in [3.63, 3.8) is 0 Å². The van der Waals surface area contributed by atoms with Gasteiger partial charge >= 0.3 is 0 Å². The van der Waals surface area contributed by atoms with Crippen LogP contribution >= 0.6 is 11.6 Å². The lowest BCUT2D eigenvalue weighted by molar-refractivity contribution is 0.590. The van der Waals surface area contributed by atoms with E-state index in [0.717, 1.165) is 5.56 Å². The molecule has 0 amide bonds. The minimum Gasteiger partial charge on any atom is -0.456 e. The molecule has 0 bridgehead atoms. The fourth-order valence-corrected chi connectivity index (χ4v) is 2.47. The molecule has 0 atom stereocenters. The Labute approximate surface area is 122 Å². The summed E-state index contributed by atoms with van der Waals surface area (Å²) in [6, 6.07) is 10.9. The molecule has 3 aromatic rings. The van der Waals surface area contributed by atoms with Gasteiger partial charge in [0.1, 0.15) is 11.2 Å². The molecule has 0 N–H and O–H groups in total. The lowest BCUT2D eigenvalue weighted by Gasteiger charge is -2.19. The molecule has 0 saturated carbocycles. The van der Waals surface area contributed by atoms with E-state index in [4.69, 9.17) is 16.0 Å². The third-order valence-corrected chi connectivity index (χ3v) is 3.73. The Kier molecular flexibility index (Phi) is 2.87. The minimum atomic E-state index is -0.0325. The normalized spacial score (nSPS) is 12.2. The van der Waals surface area contributed by atoms with Gasteiger partial charge in [-0.15, -0.1) is 0 Å². The van der Waals surface area contributed by atoms with E-state index < -0.39 is 0 Å². The van der Waals surface area contributed by atoms with E-state index in [9.17, 15) is 4.79 Å². The molecule has 0 aliphatic heterocycles. The highest BCUT2D eigenvalue weighted by atomic mass is 35.5. The first-order valence-electron chi connectivity index (χ1n) is 6.53. The first-order valence-corrected chi connectivity index (χ1v) is 6.91. The number of rotatable bonds is 0. The number of benzene rings is 2. The van der Waals surface area contributed by atoms with Crippen molar-refractivity contribution in [2.24, 2.45) is 0 Å². The van der Waals surface area contributed by atoms with Gasteiger partial charge < -0.3 is 4.42 Å². The molecular formula is C17H15ClO2. The number of halogens is 1. The summed E-state index contributed by atoms with van der Waals surface area (Å²) in [6.07, 6.45) is 0. The fourth-order valence-electron chi connectivity index (χ4n) is 2.30. The summed E-state index contributed by atoms with van der Waals surface area (Å²) in [5.74, 6) is 0. The van der Waals surface area contributed by atoms with Crippen LogP contribution in [0.15, 0.2) is 45.6 Å². The Morgan fingerprint density at radius 3 is 2.20 bits per heavy atom. The molecule has 1 aromatic heterocycles. The van der Waals surface area contributed by atoms with E-state index in [0.29, 0.717) is 27.0 Å². The molecule has 0 fully saturated rings. The van der Waals surface area contributed by atoms with Crippen LogP contribution in [-0.2, 0) is 5.41 Å². The van der Waals surface area contributed by atoms with Gasteiger partial charge in [0, 0.05) is 5.02 Å². The van der Waals surface area contributed by atoms with Crippen LogP contribution in [0.2, 0.25) is 5.02 Å². The molecule has 2 aromatic carbocycles. The van der Waals surface area contributed by atoms with Gasteiger partial charge in [0.15, 0.2) is 0 Å². The second kappa shape index (κ2) is 4.35. The zero-order chi connectivity index (χ0) is 14.5. The van der Waals surface area contributed by atoms with Gasteiger partial charge in [-0.1, -0.05) is 38.4 Å². The van der Waals surface area contributed by atoms with E-state index in [-0.39, 0.29) is 10.8 Å². The predicted molar refractivity (Wildman–Crippen MR) is 83.7 cm³/mol. The molecule has 0 radical (unpaired) electrons. The van der Waals surface area contributed by atoms with Gasteiger partial charge in [0.2, 0.25) is 5.43 Å². The van der Waals surface area contributed by atoms with Crippen LogP contribution in [-0.4, -0.2) is 0 Å². The highest BCUT2D eigenvalue weighted by Gasteiger charge is 2.16. The lowest BCUT2D eigenvalue weighted by Crippen LogP contribution is -2.12. The summed E-state index contributed by atoms with van der Waals surface area (Å²) in [5.41, 5.74) is 2.24. The van der Waals surface area contributed by atoms with Crippen LogP contribution in [0.5, 0.6) is 0 Å². The highest BCUT2D eigenvalue weighted by Crippen LogP contribution is 2.27. The number of hydrogen-bond donors (Lipinski definition) is 0. The van der Waals surface area contributed by atoms with Crippen molar-refractivity contribution in [2.45, 2.75) is 26.2 Å². The molecule has 0 unspecified atom stereocenters. The lowest BCUT2D eigenvalue weighted by atomic mass is 9.86. The molecule has 1 heterocycles. The summed E-state index contributed by atoms with van der Waals surface area (Å²) in [5, 5.41) is 1.67. The first-order chi connectivity index (χ1) is 9.36. The van der Waals surface area contributed by atoms with Crippen LogP contribution in [0.1, 0.15) is 26.3 Å². The van der Waals surface area contributed by atoms with E-state index in [1.807, 2.05) is 18.2 Å². The molecule has 3 heteroatoms. The Hall–Kier alpha value is -1.80. The second-order valence-electron chi connectivity index (χ2n) is 6.03. The van der Waals surface area contributed by atoms with Crippen LogP contribution in [0.3, 0.4) is 0 Å². The van der Waals surface area contributed by atoms with Crippen LogP contribution in [0.4, 0.5) is 0 Å². The molecule has 3 rings (SSSR count). The maximum absolute atomic E-state index is 12.6. The minimum absolute atomic E-state index is 0.01000. The van der Waals surface area contributed by atoms with E-state index in [1.165, 1.54) is 0 Å². The molecule has 20 heavy (non-hydrogen) atoms. The molecule has 0 saturated heterocycles. The SMILES string of the molecule is CC(C)(C)c1ccc2oc3ccc(Cl)cc3c(=O)c2c1. The van der Waals surface area contributed by atoms with Crippen LogP contribution < -0.4 is 5.43 Å². The maximum atomic E-state index is 12.6. The summed E-state index contributed by atoms with van der Waals surface area (Å²) in [6.45, 7) is 6.36. The van der Waals surface area contributed by atoms with Crippen molar-refractivity contribution in [3.8, 4) is 0 Å². The molecule has 0 aliphatic rings. The zero-order valence-electron chi connectivity index (χ0n) is 11.7. The quantitative estimate of drug-likeness (QED) is 0.550. The van der Waals surface area contributed by atoms with Crippen molar-refractivity contribution >= 4 is 33.5 Å². The molecule has 2 nitrogen and oxygen atoms in total. The van der Waals surface area contributed by atoms with Gasteiger partial charge in [-0.25, -0.2) is 0 Å². The zero-order valence-corrected chi connectivity index (χ0v) is 12.4. The van der Waals surface area contributed by atoms with E-state index >= 15 is 0 Å². The van der Waals surface area contributed by atoms with E-state index in [1.54, 1.807) is 18.2 Å². The van der Waals surface area contributed by atoms with Crippen molar-refractivity contribution in [2.75, 3.05) is 0 Å². The van der Waals surface area contributed by atoms with Gasteiger partial charge in [0.05, 0.1) is 10.8 Å². The average molecular weight is 287 g/mol. The Morgan fingerprint density at radius 1 is 0.950 bits per heavy atom. The molecule has 0 spiro atoms. The smallest absolute Gasteiger partial charge is 0.200 e. The van der Waals surface area contributed by atoms with Crippen LogP contribution in [0.25, 0.3) is 21.9 Å². The predicted octanol–water partition coefficient (Wildman–Crippen LogP) is 4.90. The topological polar surface area (TPSA) is 30.2 Å². The van der Waals surface area contributed by atoms with Gasteiger partial charge in [-0.3, -0.25) is 4.79 Å². The van der Waals surface area contributed by atoms with Gasteiger partial charge in [-0.05, 0) is 41.3 Å². The Balaban J connectivity index is 2.43. The first kappa shape index (κ1) is 13.2. The molecule has 0 aliphatic carbocycles. The second-order valence-corrected chi connectivity index (χ2v) is 6.47. The van der Waals surface area contributed by atoms with Crippen molar-refractivity contribution in [3.05, 3.63) is 57.2 Å². The summed E-state index contributed by atoms with van der Waals surface area (Å²) in [7, 11) is 0. The Morgan fingerprint density at radius 2 is 1.55 bits per heavy atom. The number of hydrogen-bond acceptors (Lipinski definition) is 2. The van der Waals surface area contributed by atoms with Crippen molar-refractivity contribution in [1.82, 2.24) is 0 Å². The third-order valence-electron chi connectivity index (χ3n) is 3.50. The molecular weight excluding hydrogens is 272 g/mol. The summed E-state index contributed by atoms with van der Waals surface area (Å²) in [4.78, 5) is 12.6. The summed E-state index contributed by atoms with van der Waals surface area (Å²) < 4.78 is 5.79. The third kappa shape index (κ3) is 2.10. The maximum Gasteiger partial charge on any atom is 0.200 e. The van der Waals surface area contributed by atoms with Crippen LogP contribution in [0, 0.1) is 0 Å². The number of fused-ring (bicyclic) bond motifs is 2. The van der Waals surface area contributed by atoms with Crippen molar-refractivity contribution in [1.29, 1.82) is 0 Å². The van der Waals surface area contributed by atoms with Crippen molar-refractivity contribution < 1.29 is 4.42 Å². The largest absolute Gasteiger partial charge is 0.456 e. The van der Waals surface area contributed by atoms with E-state index in [2.05, 4.69) is 20.8 Å². The monoisotopic (exact) mass is 286 g/mol. The highest BCUT2D eigenvalue weighted by molar-refractivity contribution is 6.31. The average Bonchev–Trinajstić information content (AvgIpc) is 2.38. The Bertz CT molecular complexity index is 870. The molecule has 102 valence electrons. The summed E-state index contributed by atoms with van der Waals surface area (Å²) >= 11 is 5.97.